The van der Waals surface area contributed by atoms with Crippen LogP contribution in [0.3, 0.4) is 0 Å². The van der Waals surface area contributed by atoms with Gasteiger partial charge in [-0.25, -0.2) is 0 Å². The highest BCUT2D eigenvalue weighted by Crippen LogP contribution is 2.64. The highest BCUT2D eigenvalue weighted by molar-refractivity contribution is 5.25. The van der Waals surface area contributed by atoms with Crippen LogP contribution >= 0.6 is 0 Å². The quantitative estimate of drug-likeness (QED) is 0.669. The lowest BCUT2D eigenvalue weighted by atomic mass is 9.48. The van der Waals surface area contributed by atoms with Gasteiger partial charge in [0.05, 0.1) is 0 Å². The molecule has 0 heterocycles. The third-order valence-electron chi connectivity index (χ3n) is 8.22. The minimum Gasteiger partial charge on any atom is -0.327 e. The monoisotopic (exact) mass is 288 g/mol. The summed E-state index contributed by atoms with van der Waals surface area (Å²) < 4.78 is 0. The van der Waals surface area contributed by atoms with E-state index >= 15 is 0 Å². The molecule has 0 radical (unpaired) electrons. The minimum atomic E-state index is 0.412. The largest absolute Gasteiger partial charge is 0.327 e. The Kier molecular flexibility index (Phi) is 3.11. The van der Waals surface area contributed by atoms with Crippen LogP contribution in [0.15, 0.2) is 11.6 Å². The summed E-state index contributed by atoms with van der Waals surface area (Å²) in [4.78, 5) is 0. The summed E-state index contributed by atoms with van der Waals surface area (Å²) >= 11 is 0. The van der Waals surface area contributed by atoms with Gasteiger partial charge >= 0.3 is 0 Å². The van der Waals surface area contributed by atoms with Gasteiger partial charge in [0, 0.05) is 12.1 Å². The van der Waals surface area contributed by atoms with Gasteiger partial charge in [-0.15, -0.1) is 0 Å². The summed E-state index contributed by atoms with van der Waals surface area (Å²) in [5, 5.41) is 0. The van der Waals surface area contributed by atoms with Crippen LogP contribution in [0, 0.1) is 28.6 Å². The zero-order valence-corrected chi connectivity index (χ0v) is 13.8. The van der Waals surface area contributed by atoms with E-state index in [9.17, 15) is 0 Å². The number of hydrogen-bond acceptors (Lipinski definition) is 2. The maximum absolute atomic E-state index is 6.50. The first-order chi connectivity index (χ1) is 9.95. The van der Waals surface area contributed by atoms with Gasteiger partial charge in [-0.05, 0) is 80.0 Å². The summed E-state index contributed by atoms with van der Waals surface area (Å²) in [5.41, 5.74) is 15.3. The maximum atomic E-state index is 6.50. The Morgan fingerprint density at radius 3 is 2.62 bits per heavy atom. The summed E-state index contributed by atoms with van der Waals surface area (Å²) in [7, 11) is 0. The smallest absolute Gasteiger partial charge is 0.00957 e. The van der Waals surface area contributed by atoms with Crippen molar-refractivity contribution in [1.29, 1.82) is 0 Å². The summed E-state index contributed by atoms with van der Waals surface area (Å²) in [5.74, 6) is 2.66. The fraction of sp³-hybridized carbons (Fsp3) is 0.895. The topological polar surface area (TPSA) is 52.0 Å². The van der Waals surface area contributed by atoms with Gasteiger partial charge in [-0.2, -0.15) is 0 Å². The van der Waals surface area contributed by atoms with Gasteiger partial charge in [0.2, 0.25) is 0 Å². The Labute approximate surface area is 129 Å². The molecular formula is C19H32N2. The summed E-state index contributed by atoms with van der Waals surface area (Å²) in [6.45, 7) is 5.04. The second-order valence-corrected chi connectivity index (χ2v) is 8.99. The van der Waals surface area contributed by atoms with Gasteiger partial charge in [-0.1, -0.05) is 25.5 Å². The lowest BCUT2D eigenvalue weighted by Crippen LogP contribution is -2.52. The van der Waals surface area contributed by atoms with Crippen LogP contribution in [-0.4, -0.2) is 12.1 Å². The molecule has 4 N–H and O–H groups in total. The Morgan fingerprint density at radius 2 is 1.81 bits per heavy atom. The average Bonchev–Trinajstić information content (AvgIpc) is 2.76. The first-order valence-corrected chi connectivity index (χ1v) is 9.16. The molecule has 2 heteroatoms. The van der Waals surface area contributed by atoms with Gasteiger partial charge in [0.15, 0.2) is 0 Å². The molecule has 0 aliphatic heterocycles. The van der Waals surface area contributed by atoms with Crippen molar-refractivity contribution in [2.45, 2.75) is 77.3 Å². The molecule has 21 heavy (non-hydrogen) atoms. The molecule has 2 nitrogen and oxygen atoms in total. The van der Waals surface area contributed by atoms with Crippen molar-refractivity contribution in [3.05, 3.63) is 11.6 Å². The molecular weight excluding hydrogens is 256 g/mol. The predicted molar refractivity (Wildman–Crippen MR) is 87.7 cm³/mol. The molecule has 0 spiro atoms. The molecule has 0 aromatic carbocycles. The van der Waals surface area contributed by atoms with Gasteiger partial charge < -0.3 is 11.5 Å². The van der Waals surface area contributed by atoms with Crippen molar-refractivity contribution in [3.8, 4) is 0 Å². The van der Waals surface area contributed by atoms with E-state index < -0.39 is 0 Å². The number of allylic oxidation sites excluding steroid dienone is 1. The third-order valence-corrected chi connectivity index (χ3v) is 8.22. The van der Waals surface area contributed by atoms with Crippen LogP contribution in [0.25, 0.3) is 0 Å². The highest BCUT2D eigenvalue weighted by atomic mass is 14.8. The SMILES string of the molecule is C[C@]12CC[C@H]3[C@@H](CC=C4C[C@H](N)CC[C@@]43C)[C@@H]1CC[C@@H]2N. The third kappa shape index (κ3) is 1.84. The van der Waals surface area contributed by atoms with Crippen LogP contribution in [0.1, 0.15) is 65.2 Å². The zero-order chi connectivity index (χ0) is 14.8. The van der Waals surface area contributed by atoms with Crippen molar-refractivity contribution in [3.63, 3.8) is 0 Å². The van der Waals surface area contributed by atoms with Crippen molar-refractivity contribution in [2.24, 2.45) is 40.1 Å². The van der Waals surface area contributed by atoms with Crippen LogP contribution in [0.2, 0.25) is 0 Å². The van der Waals surface area contributed by atoms with Crippen molar-refractivity contribution in [2.75, 3.05) is 0 Å². The van der Waals surface area contributed by atoms with Crippen LogP contribution in [0.5, 0.6) is 0 Å². The number of hydrogen-bond donors (Lipinski definition) is 2. The molecule has 0 aromatic rings. The molecule has 4 rings (SSSR count). The molecule has 4 aliphatic carbocycles. The lowest BCUT2D eigenvalue weighted by Gasteiger charge is -2.57. The first kappa shape index (κ1) is 14.3. The average molecular weight is 288 g/mol. The highest BCUT2D eigenvalue weighted by Gasteiger charge is 2.57. The van der Waals surface area contributed by atoms with E-state index in [1.165, 1.54) is 44.9 Å². The Morgan fingerprint density at radius 1 is 1.00 bits per heavy atom. The fourth-order valence-electron chi connectivity index (χ4n) is 6.73. The van der Waals surface area contributed by atoms with E-state index in [1.54, 1.807) is 5.57 Å². The maximum Gasteiger partial charge on any atom is 0.00957 e. The van der Waals surface area contributed by atoms with E-state index in [4.69, 9.17) is 11.5 Å². The molecule has 4 aliphatic rings. The van der Waals surface area contributed by atoms with Crippen LogP contribution in [0.4, 0.5) is 0 Å². The molecule has 118 valence electrons. The molecule has 0 amide bonds. The van der Waals surface area contributed by atoms with E-state index in [0.717, 1.165) is 24.2 Å². The second kappa shape index (κ2) is 4.58. The molecule has 7 atom stereocenters. The molecule has 0 aromatic heterocycles. The number of nitrogens with two attached hydrogens (primary N) is 2. The van der Waals surface area contributed by atoms with E-state index in [1.807, 2.05) is 0 Å². The van der Waals surface area contributed by atoms with Crippen molar-refractivity contribution >= 4 is 0 Å². The molecule has 0 bridgehead atoms. The van der Waals surface area contributed by atoms with Gasteiger partial charge in [0.25, 0.3) is 0 Å². The standard InChI is InChI=1S/C19H32N2/c1-18-9-7-13(20)11-12(18)3-4-14-15-5-6-17(21)19(15,2)10-8-16(14)18/h3,13-17H,4-11,20-21H2,1-2H3/t13-,14+,15+,16+,17+,18+,19+/m1/s1. The molecule has 0 unspecified atom stereocenters. The zero-order valence-electron chi connectivity index (χ0n) is 13.8. The van der Waals surface area contributed by atoms with Gasteiger partial charge in [0.1, 0.15) is 0 Å². The lowest BCUT2D eigenvalue weighted by molar-refractivity contribution is -0.0309. The second-order valence-electron chi connectivity index (χ2n) is 8.99. The predicted octanol–water partition coefficient (Wildman–Crippen LogP) is 3.60. The van der Waals surface area contributed by atoms with Crippen molar-refractivity contribution < 1.29 is 0 Å². The summed E-state index contributed by atoms with van der Waals surface area (Å²) in [6.07, 6.45) is 13.0. The number of rotatable bonds is 0. The molecule has 0 saturated heterocycles. The molecule has 3 saturated carbocycles. The molecule has 3 fully saturated rings. The first-order valence-electron chi connectivity index (χ1n) is 9.16. The van der Waals surface area contributed by atoms with Gasteiger partial charge in [-0.3, -0.25) is 0 Å². The van der Waals surface area contributed by atoms with E-state index in [0.29, 0.717) is 22.9 Å². The Bertz CT molecular complexity index is 470. The minimum absolute atomic E-state index is 0.412. The summed E-state index contributed by atoms with van der Waals surface area (Å²) in [6, 6.07) is 0.857. The van der Waals surface area contributed by atoms with E-state index in [2.05, 4.69) is 19.9 Å². The normalized spacial score (nSPS) is 56.2. The number of fused-ring (bicyclic) bond motifs is 5. The van der Waals surface area contributed by atoms with E-state index in [-0.39, 0.29) is 0 Å². The van der Waals surface area contributed by atoms with Crippen molar-refractivity contribution in [1.82, 2.24) is 0 Å². The Balaban J connectivity index is 1.68. The Hall–Kier alpha value is -0.340. The fourth-order valence-corrected chi connectivity index (χ4v) is 6.73. The van der Waals surface area contributed by atoms with Crippen LogP contribution in [-0.2, 0) is 0 Å². The van der Waals surface area contributed by atoms with Crippen LogP contribution < -0.4 is 11.5 Å².